The molecule has 0 amide bonds. The van der Waals surface area contributed by atoms with Gasteiger partial charge in [0, 0.05) is 28.6 Å². The first-order valence-electron chi connectivity index (χ1n) is 9.40. The lowest BCUT2D eigenvalue weighted by Crippen LogP contribution is -2.15. The fraction of sp³-hybridized carbons (Fsp3) is 0.0870. The maximum Gasteiger partial charge on any atom is 0.303 e. The van der Waals surface area contributed by atoms with Crippen molar-refractivity contribution in [3.63, 3.8) is 0 Å². The molecule has 0 unspecified atom stereocenters. The molecule has 0 atom stereocenters. The molecular formula is C23H17ClFNO4S. The Morgan fingerprint density at radius 2 is 1.77 bits per heavy atom. The summed E-state index contributed by atoms with van der Waals surface area (Å²) in [5.41, 5.74) is 1.60. The van der Waals surface area contributed by atoms with E-state index in [1.54, 1.807) is 42.5 Å². The van der Waals surface area contributed by atoms with Crippen LogP contribution in [0.2, 0.25) is 5.02 Å². The highest BCUT2D eigenvalue weighted by Crippen LogP contribution is 2.34. The minimum absolute atomic E-state index is 0.109. The number of hydrogen-bond donors (Lipinski definition) is 1. The Morgan fingerprint density at radius 3 is 2.48 bits per heavy atom. The van der Waals surface area contributed by atoms with Gasteiger partial charge < -0.3 is 5.11 Å². The first-order valence-corrected chi connectivity index (χ1v) is 11.2. The van der Waals surface area contributed by atoms with Gasteiger partial charge in [-0.1, -0.05) is 54.1 Å². The first kappa shape index (κ1) is 21.1. The summed E-state index contributed by atoms with van der Waals surface area (Å²) >= 11 is 6.09. The van der Waals surface area contributed by atoms with Crippen LogP contribution in [0.4, 0.5) is 4.39 Å². The number of carboxylic acids is 1. The number of halogens is 2. The van der Waals surface area contributed by atoms with E-state index in [0.29, 0.717) is 27.1 Å². The molecule has 3 aromatic carbocycles. The third-order valence-corrected chi connectivity index (χ3v) is 6.98. The number of aliphatic carboxylic acids is 1. The van der Waals surface area contributed by atoms with Crippen LogP contribution in [0, 0.1) is 5.82 Å². The number of nitrogens with zero attached hydrogens (tertiary/aromatic N) is 1. The molecule has 1 aromatic heterocycles. The van der Waals surface area contributed by atoms with E-state index in [1.165, 1.54) is 24.4 Å². The van der Waals surface area contributed by atoms with Crippen LogP contribution in [0.3, 0.4) is 0 Å². The van der Waals surface area contributed by atoms with Crippen LogP contribution in [0.1, 0.15) is 12.0 Å². The van der Waals surface area contributed by atoms with Crippen molar-refractivity contribution < 1.29 is 22.7 Å². The van der Waals surface area contributed by atoms with Gasteiger partial charge in [-0.25, -0.2) is 16.8 Å². The molecule has 0 saturated carbocycles. The van der Waals surface area contributed by atoms with Crippen molar-refractivity contribution in [3.8, 4) is 11.1 Å². The Kier molecular flexibility index (Phi) is 5.56. The zero-order valence-corrected chi connectivity index (χ0v) is 17.7. The van der Waals surface area contributed by atoms with E-state index in [9.17, 15) is 17.6 Å². The summed E-state index contributed by atoms with van der Waals surface area (Å²) in [7, 11) is -4.35. The van der Waals surface area contributed by atoms with Gasteiger partial charge in [0.2, 0.25) is 0 Å². The molecule has 0 aliphatic rings. The molecule has 0 aliphatic heterocycles. The van der Waals surface area contributed by atoms with Gasteiger partial charge in [0.1, 0.15) is 10.7 Å². The molecule has 5 nitrogen and oxygen atoms in total. The summed E-state index contributed by atoms with van der Waals surface area (Å²) in [4.78, 5) is 10.6. The van der Waals surface area contributed by atoms with Gasteiger partial charge in [0.15, 0.2) is 0 Å². The van der Waals surface area contributed by atoms with Gasteiger partial charge in [0.25, 0.3) is 10.0 Å². The van der Waals surface area contributed by atoms with Gasteiger partial charge in [-0.3, -0.25) is 4.79 Å². The highest BCUT2D eigenvalue weighted by atomic mass is 35.5. The third-order valence-electron chi connectivity index (χ3n) is 4.99. The Labute approximate surface area is 183 Å². The number of carboxylic acid groups (broad SMARTS) is 1. The van der Waals surface area contributed by atoms with Gasteiger partial charge >= 0.3 is 5.97 Å². The van der Waals surface area contributed by atoms with E-state index in [-0.39, 0.29) is 18.4 Å². The molecule has 8 heteroatoms. The van der Waals surface area contributed by atoms with Crippen LogP contribution in [0.15, 0.2) is 77.8 Å². The second kappa shape index (κ2) is 8.17. The average Bonchev–Trinajstić information content (AvgIpc) is 3.11. The summed E-state index contributed by atoms with van der Waals surface area (Å²) in [6, 6.07) is 17.5. The first-order chi connectivity index (χ1) is 14.8. The lowest BCUT2D eigenvalue weighted by Gasteiger charge is -2.13. The van der Waals surface area contributed by atoms with Crippen LogP contribution in [-0.4, -0.2) is 23.5 Å². The molecular weight excluding hydrogens is 441 g/mol. The molecule has 158 valence electrons. The molecule has 0 radical (unpaired) electrons. The van der Waals surface area contributed by atoms with Gasteiger partial charge in [0.05, 0.1) is 5.52 Å². The Bertz CT molecular complexity index is 1400. The molecule has 0 bridgehead atoms. The molecule has 1 N–H and O–H groups in total. The topological polar surface area (TPSA) is 76.4 Å². The number of aryl methyl sites for hydroxylation is 1. The normalized spacial score (nSPS) is 11.7. The summed E-state index contributed by atoms with van der Waals surface area (Å²) in [6.45, 7) is 0. The smallest absolute Gasteiger partial charge is 0.303 e. The quantitative estimate of drug-likeness (QED) is 0.423. The largest absolute Gasteiger partial charge is 0.481 e. The molecule has 1 heterocycles. The molecule has 0 spiro atoms. The van der Waals surface area contributed by atoms with Crippen molar-refractivity contribution in [2.24, 2.45) is 0 Å². The monoisotopic (exact) mass is 457 g/mol. The summed E-state index contributed by atoms with van der Waals surface area (Å²) in [5.74, 6) is -1.88. The lowest BCUT2D eigenvalue weighted by atomic mass is 10.1. The molecule has 31 heavy (non-hydrogen) atoms. The Morgan fingerprint density at radius 1 is 1.03 bits per heavy atom. The standard InChI is InChI=1S/C23H17ClFNO4S/c24-17-10-11-21-19(13-17)16(9-12-22(27)28)14-26(21)31(29,30)23-18(7-4-8-20(23)25)15-5-2-1-3-6-15/h1-8,10-11,13-14H,9,12H2,(H,27,28). The van der Waals surface area contributed by atoms with E-state index in [2.05, 4.69) is 0 Å². The van der Waals surface area contributed by atoms with Crippen molar-refractivity contribution in [1.82, 2.24) is 3.97 Å². The van der Waals surface area contributed by atoms with E-state index in [1.807, 2.05) is 0 Å². The maximum atomic E-state index is 15.0. The Balaban J connectivity index is 1.96. The molecule has 0 fully saturated rings. The average molecular weight is 458 g/mol. The van der Waals surface area contributed by atoms with E-state index in [0.717, 1.165) is 10.0 Å². The summed E-state index contributed by atoms with van der Waals surface area (Å²) < 4.78 is 43.3. The van der Waals surface area contributed by atoms with Gasteiger partial charge in [-0.05, 0) is 41.8 Å². The summed E-state index contributed by atoms with van der Waals surface area (Å²) in [6.07, 6.45) is 1.28. The zero-order valence-electron chi connectivity index (χ0n) is 16.1. The molecule has 0 saturated heterocycles. The van der Waals surface area contributed by atoms with Gasteiger partial charge in [-0.15, -0.1) is 0 Å². The number of rotatable bonds is 6. The van der Waals surface area contributed by atoms with E-state index < -0.39 is 26.7 Å². The van der Waals surface area contributed by atoms with Crippen molar-refractivity contribution in [2.75, 3.05) is 0 Å². The predicted octanol–water partition coefficient (Wildman–Crippen LogP) is 5.36. The van der Waals surface area contributed by atoms with Crippen LogP contribution in [-0.2, 0) is 21.2 Å². The van der Waals surface area contributed by atoms with Crippen molar-refractivity contribution in [1.29, 1.82) is 0 Å². The SMILES string of the molecule is O=C(O)CCc1cn(S(=O)(=O)c2c(F)cccc2-c2ccccc2)c2ccc(Cl)cc12. The zero-order chi connectivity index (χ0) is 22.2. The number of hydrogen-bond acceptors (Lipinski definition) is 3. The Hall–Kier alpha value is -3.16. The lowest BCUT2D eigenvalue weighted by molar-refractivity contribution is -0.136. The highest BCUT2D eigenvalue weighted by Gasteiger charge is 2.28. The number of carbonyl (C=O) groups is 1. The second-order valence-corrected chi connectivity index (χ2v) is 9.18. The highest BCUT2D eigenvalue weighted by molar-refractivity contribution is 7.90. The van der Waals surface area contributed by atoms with E-state index in [4.69, 9.17) is 16.7 Å². The third kappa shape index (κ3) is 3.94. The van der Waals surface area contributed by atoms with Crippen LogP contribution in [0.5, 0.6) is 0 Å². The number of aromatic nitrogens is 1. The predicted molar refractivity (Wildman–Crippen MR) is 117 cm³/mol. The fourth-order valence-corrected chi connectivity index (χ4v) is 5.42. The van der Waals surface area contributed by atoms with E-state index >= 15 is 0 Å². The van der Waals surface area contributed by atoms with Crippen LogP contribution < -0.4 is 0 Å². The molecule has 4 rings (SSSR count). The van der Waals surface area contributed by atoms with Crippen molar-refractivity contribution in [2.45, 2.75) is 17.7 Å². The number of benzene rings is 3. The number of fused-ring (bicyclic) bond motifs is 1. The summed E-state index contributed by atoms with van der Waals surface area (Å²) in [5, 5.41) is 9.94. The van der Waals surface area contributed by atoms with Gasteiger partial charge in [-0.2, -0.15) is 0 Å². The fourth-order valence-electron chi connectivity index (χ4n) is 3.59. The second-order valence-electron chi connectivity index (χ2n) is 6.99. The van der Waals surface area contributed by atoms with Crippen molar-refractivity contribution in [3.05, 3.63) is 89.3 Å². The minimum Gasteiger partial charge on any atom is -0.481 e. The van der Waals surface area contributed by atoms with Crippen molar-refractivity contribution >= 4 is 38.5 Å². The molecule has 0 aliphatic carbocycles. The maximum absolute atomic E-state index is 15.0. The molecule has 4 aromatic rings. The minimum atomic E-state index is -4.35. The van der Waals surface area contributed by atoms with Crippen LogP contribution in [0.25, 0.3) is 22.0 Å². The van der Waals surface area contributed by atoms with Crippen LogP contribution >= 0.6 is 11.6 Å².